The molecule has 3 aromatic heterocycles. The van der Waals surface area contributed by atoms with E-state index < -0.39 is 0 Å². The number of nitrogen functional groups attached to an aromatic ring is 1. The maximum atomic E-state index is 13.5. The number of pyridine rings is 2. The van der Waals surface area contributed by atoms with Crippen LogP contribution in [0.1, 0.15) is 0 Å². The summed E-state index contributed by atoms with van der Waals surface area (Å²) in [6, 6.07) is 17.2. The third-order valence-corrected chi connectivity index (χ3v) is 3.49. The van der Waals surface area contributed by atoms with Gasteiger partial charge in [0.15, 0.2) is 5.65 Å². The van der Waals surface area contributed by atoms with Gasteiger partial charge in [-0.05, 0) is 36.4 Å². The topological polar surface area (TPSA) is 81.1 Å². The van der Waals surface area contributed by atoms with Crippen molar-refractivity contribution < 1.29 is 4.39 Å². The van der Waals surface area contributed by atoms with Gasteiger partial charge in [0.25, 0.3) is 0 Å². The molecule has 0 aliphatic heterocycles. The first kappa shape index (κ1) is 14.1. The van der Waals surface area contributed by atoms with Crippen molar-refractivity contribution in [2.75, 3.05) is 11.1 Å². The van der Waals surface area contributed by atoms with Crippen LogP contribution in [0.5, 0.6) is 0 Å². The molecule has 0 spiro atoms. The minimum absolute atomic E-state index is 0.299. The van der Waals surface area contributed by atoms with Gasteiger partial charge in [-0.15, -0.1) is 5.10 Å². The van der Waals surface area contributed by atoms with Gasteiger partial charge in [-0.2, -0.15) is 4.98 Å². The number of nitrogens with two attached hydrogens (primary N) is 1. The van der Waals surface area contributed by atoms with E-state index in [0.717, 1.165) is 11.3 Å². The molecule has 4 rings (SSSR count). The predicted octanol–water partition coefficient (Wildman–Crippen LogP) is 3.26. The van der Waals surface area contributed by atoms with E-state index in [1.807, 2.05) is 24.3 Å². The molecule has 0 radical (unpaired) electrons. The fourth-order valence-corrected chi connectivity index (χ4v) is 2.46. The van der Waals surface area contributed by atoms with E-state index in [4.69, 9.17) is 5.73 Å². The number of anilines is 3. The Hall–Kier alpha value is -3.48. The van der Waals surface area contributed by atoms with E-state index in [0.29, 0.717) is 23.2 Å². The van der Waals surface area contributed by atoms with Crippen LogP contribution < -0.4 is 11.1 Å². The summed E-state index contributed by atoms with van der Waals surface area (Å²) >= 11 is 0. The number of halogens is 1. The summed E-state index contributed by atoms with van der Waals surface area (Å²) < 4.78 is 15.2. The zero-order valence-electron chi connectivity index (χ0n) is 12.5. The molecule has 7 heteroatoms. The number of aromatic nitrogens is 4. The van der Waals surface area contributed by atoms with E-state index in [-0.39, 0.29) is 5.82 Å². The summed E-state index contributed by atoms with van der Waals surface area (Å²) in [6.45, 7) is 0. The summed E-state index contributed by atoms with van der Waals surface area (Å²) in [5.41, 5.74) is 7.78. The van der Waals surface area contributed by atoms with Crippen LogP contribution in [0, 0.1) is 5.82 Å². The number of nitrogens with zero attached hydrogens (tertiary/aromatic N) is 4. The second-order valence-corrected chi connectivity index (χ2v) is 5.20. The Labute approximate surface area is 136 Å². The molecule has 3 heterocycles. The summed E-state index contributed by atoms with van der Waals surface area (Å²) in [4.78, 5) is 8.57. The Morgan fingerprint density at radius 2 is 1.79 bits per heavy atom. The molecule has 0 aliphatic carbocycles. The van der Waals surface area contributed by atoms with E-state index in [1.54, 1.807) is 28.8 Å². The fraction of sp³-hybridized carbons (Fsp3) is 0. The number of nitrogens with one attached hydrogen (secondary N) is 1. The lowest BCUT2D eigenvalue weighted by Crippen LogP contribution is -1.99. The van der Waals surface area contributed by atoms with Gasteiger partial charge >= 0.3 is 0 Å². The molecular weight excluding hydrogens is 307 g/mol. The second kappa shape index (κ2) is 5.62. The highest BCUT2D eigenvalue weighted by Crippen LogP contribution is 2.22. The Bertz CT molecular complexity index is 1030. The molecule has 0 unspecified atom stereocenters. The minimum atomic E-state index is -0.299. The Morgan fingerprint density at radius 3 is 2.62 bits per heavy atom. The summed E-state index contributed by atoms with van der Waals surface area (Å²) in [5.74, 6) is 1.05. The van der Waals surface area contributed by atoms with Gasteiger partial charge in [0.2, 0.25) is 5.95 Å². The van der Waals surface area contributed by atoms with Crippen LogP contribution in [-0.2, 0) is 0 Å². The molecule has 0 amide bonds. The van der Waals surface area contributed by atoms with Crippen LogP contribution in [-0.4, -0.2) is 19.6 Å². The normalized spacial score (nSPS) is 10.9. The zero-order valence-corrected chi connectivity index (χ0v) is 12.5. The maximum absolute atomic E-state index is 13.5. The quantitative estimate of drug-likeness (QED) is 0.605. The summed E-state index contributed by atoms with van der Waals surface area (Å²) in [5, 5.41) is 7.45. The predicted molar refractivity (Wildman–Crippen MR) is 90.3 cm³/mol. The molecule has 0 saturated carbocycles. The van der Waals surface area contributed by atoms with Crippen LogP contribution >= 0.6 is 0 Å². The Kier molecular flexibility index (Phi) is 3.31. The van der Waals surface area contributed by atoms with E-state index in [1.165, 1.54) is 12.1 Å². The molecular formula is C17H13FN6. The van der Waals surface area contributed by atoms with Gasteiger partial charge in [-0.3, -0.25) is 0 Å². The molecule has 0 aliphatic rings. The van der Waals surface area contributed by atoms with Gasteiger partial charge in [0.05, 0.1) is 5.69 Å². The van der Waals surface area contributed by atoms with Crippen molar-refractivity contribution in [3.05, 3.63) is 66.5 Å². The van der Waals surface area contributed by atoms with Gasteiger partial charge in [-0.25, -0.2) is 13.9 Å². The highest BCUT2D eigenvalue weighted by Gasteiger charge is 2.10. The number of fused-ring (bicyclic) bond motifs is 1. The maximum Gasteiger partial charge on any atom is 0.248 e. The van der Waals surface area contributed by atoms with Crippen molar-refractivity contribution in [3.8, 4) is 11.3 Å². The number of hydrogen-bond donors (Lipinski definition) is 2. The van der Waals surface area contributed by atoms with Crippen molar-refractivity contribution in [1.82, 2.24) is 19.6 Å². The highest BCUT2D eigenvalue weighted by atomic mass is 19.1. The van der Waals surface area contributed by atoms with Crippen LogP contribution in [0.25, 0.3) is 16.9 Å². The first-order valence-electron chi connectivity index (χ1n) is 7.30. The first-order valence-corrected chi connectivity index (χ1v) is 7.30. The highest BCUT2D eigenvalue weighted by molar-refractivity contribution is 5.64. The molecule has 0 fully saturated rings. The van der Waals surface area contributed by atoms with E-state index in [9.17, 15) is 4.39 Å². The van der Waals surface area contributed by atoms with Crippen LogP contribution in [0.15, 0.2) is 60.7 Å². The Balaban J connectivity index is 1.77. The summed E-state index contributed by atoms with van der Waals surface area (Å²) in [7, 11) is 0. The molecule has 0 atom stereocenters. The summed E-state index contributed by atoms with van der Waals surface area (Å²) in [6.07, 6.45) is 0. The lowest BCUT2D eigenvalue weighted by molar-refractivity contribution is 0.628. The third kappa shape index (κ3) is 2.63. The molecule has 1 aromatic carbocycles. The van der Waals surface area contributed by atoms with E-state index >= 15 is 0 Å². The van der Waals surface area contributed by atoms with Gasteiger partial charge in [0, 0.05) is 5.56 Å². The SMILES string of the molecule is Nc1cccc(Nc2nc3cccc(-c4cccc(F)c4)n3n2)n1. The largest absolute Gasteiger partial charge is 0.384 e. The lowest BCUT2D eigenvalue weighted by Gasteiger charge is -2.04. The standard InChI is InChI=1S/C17H13FN6/c18-12-5-1-4-11(10-12)13-6-2-9-16-22-17(23-24(13)16)21-15-8-3-7-14(19)20-15/h1-10H,(H3,19,20,21,23). The molecule has 4 aromatic rings. The van der Waals surface area contributed by atoms with Crippen molar-refractivity contribution in [3.63, 3.8) is 0 Å². The molecule has 3 N–H and O–H groups in total. The number of hydrogen-bond acceptors (Lipinski definition) is 5. The number of benzene rings is 1. The average molecular weight is 320 g/mol. The average Bonchev–Trinajstić information content (AvgIpc) is 2.97. The van der Waals surface area contributed by atoms with Crippen LogP contribution in [0.3, 0.4) is 0 Å². The fourth-order valence-electron chi connectivity index (χ4n) is 2.46. The monoisotopic (exact) mass is 320 g/mol. The number of rotatable bonds is 3. The lowest BCUT2D eigenvalue weighted by atomic mass is 10.1. The van der Waals surface area contributed by atoms with E-state index in [2.05, 4.69) is 20.4 Å². The van der Waals surface area contributed by atoms with Gasteiger partial charge < -0.3 is 11.1 Å². The minimum Gasteiger partial charge on any atom is -0.384 e. The van der Waals surface area contributed by atoms with Gasteiger partial charge in [0.1, 0.15) is 17.5 Å². The van der Waals surface area contributed by atoms with Crippen molar-refractivity contribution >= 4 is 23.2 Å². The zero-order chi connectivity index (χ0) is 16.5. The third-order valence-electron chi connectivity index (χ3n) is 3.49. The molecule has 6 nitrogen and oxygen atoms in total. The van der Waals surface area contributed by atoms with Crippen LogP contribution in [0.4, 0.5) is 22.0 Å². The van der Waals surface area contributed by atoms with Crippen LogP contribution in [0.2, 0.25) is 0 Å². The Morgan fingerprint density at radius 1 is 0.958 bits per heavy atom. The molecule has 0 bridgehead atoms. The second-order valence-electron chi connectivity index (χ2n) is 5.20. The van der Waals surface area contributed by atoms with Crippen molar-refractivity contribution in [2.24, 2.45) is 0 Å². The first-order chi connectivity index (χ1) is 11.7. The molecule has 118 valence electrons. The molecule has 0 saturated heterocycles. The van der Waals surface area contributed by atoms with Crippen molar-refractivity contribution in [2.45, 2.75) is 0 Å². The van der Waals surface area contributed by atoms with Gasteiger partial charge in [-0.1, -0.05) is 24.3 Å². The molecule has 24 heavy (non-hydrogen) atoms. The van der Waals surface area contributed by atoms with Crippen molar-refractivity contribution in [1.29, 1.82) is 0 Å². The smallest absolute Gasteiger partial charge is 0.248 e.